The van der Waals surface area contributed by atoms with Crippen molar-refractivity contribution in [2.75, 3.05) is 27.4 Å². The molecule has 1 aliphatic heterocycles. The van der Waals surface area contributed by atoms with Crippen LogP contribution in [0.4, 0.5) is 0 Å². The van der Waals surface area contributed by atoms with E-state index in [1.54, 1.807) is 19.2 Å². The molecule has 0 amide bonds. The number of methoxy groups -OCH3 is 1. The molecule has 0 aromatic carbocycles. The molecule has 1 saturated heterocycles. The van der Waals surface area contributed by atoms with Crippen molar-refractivity contribution in [3.63, 3.8) is 0 Å². The molecule has 1 fully saturated rings. The van der Waals surface area contributed by atoms with Crippen molar-refractivity contribution in [2.45, 2.75) is 37.9 Å². The van der Waals surface area contributed by atoms with Gasteiger partial charge in [-0.25, -0.2) is 14.3 Å². The number of rotatable bonds is 8. The standard InChI is InChI=1S/C14H23N2O8P/c1-4-22-11-8-10(24-25(18,19)21-3)12(9-20-2)23-13(11)16-7-5-6-15-14(16)17/h5-7,10-13H,4,8-9H2,1-3H3,(H,18,19)/t10-,11?,12-,13+/m0/s1. The molecule has 0 radical (unpaired) electrons. The molecule has 1 aliphatic rings. The Morgan fingerprint density at radius 3 is 2.80 bits per heavy atom. The molecule has 2 rings (SSSR count). The average molecular weight is 378 g/mol. The molecule has 0 bridgehead atoms. The monoisotopic (exact) mass is 378 g/mol. The summed E-state index contributed by atoms with van der Waals surface area (Å²) < 4.78 is 39.5. The zero-order valence-electron chi connectivity index (χ0n) is 14.3. The van der Waals surface area contributed by atoms with Gasteiger partial charge in [-0.1, -0.05) is 0 Å². The second-order valence-electron chi connectivity index (χ2n) is 5.35. The van der Waals surface area contributed by atoms with E-state index in [2.05, 4.69) is 9.51 Å². The molecule has 2 unspecified atom stereocenters. The van der Waals surface area contributed by atoms with Gasteiger partial charge in [0.25, 0.3) is 0 Å². The Balaban J connectivity index is 2.29. The predicted octanol–water partition coefficient (Wildman–Crippen LogP) is 0.714. The highest BCUT2D eigenvalue weighted by molar-refractivity contribution is 7.47. The maximum atomic E-state index is 12.0. The van der Waals surface area contributed by atoms with Crippen molar-refractivity contribution in [1.82, 2.24) is 9.55 Å². The third kappa shape index (κ3) is 5.18. The van der Waals surface area contributed by atoms with Crippen LogP contribution in [0.2, 0.25) is 0 Å². The van der Waals surface area contributed by atoms with E-state index < -0.39 is 38.1 Å². The summed E-state index contributed by atoms with van der Waals surface area (Å²) in [6.07, 6.45) is 0.288. The van der Waals surface area contributed by atoms with Gasteiger partial charge in [0.1, 0.15) is 18.3 Å². The molecule has 1 N–H and O–H groups in total. The highest BCUT2D eigenvalue weighted by Gasteiger charge is 2.43. The fourth-order valence-corrected chi connectivity index (χ4v) is 3.31. The van der Waals surface area contributed by atoms with Crippen molar-refractivity contribution < 1.29 is 32.7 Å². The van der Waals surface area contributed by atoms with E-state index in [1.165, 1.54) is 17.9 Å². The van der Waals surface area contributed by atoms with Gasteiger partial charge >= 0.3 is 13.5 Å². The van der Waals surface area contributed by atoms with E-state index in [0.29, 0.717) is 6.61 Å². The molecule has 10 nitrogen and oxygen atoms in total. The SMILES string of the molecule is CCOC1C[C@H](OP(=O)(O)OC)[C@H](COC)O[C@H]1n1cccnc1=O. The third-order valence-electron chi connectivity index (χ3n) is 3.74. The predicted molar refractivity (Wildman–Crippen MR) is 86.0 cm³/mol. The lowest BCUT2D eigenvalue weighted by atomic mass is 10.0. The second-order valence-corrected chi connectivity index (χ2v) is 6.87. The van der Waals surface area contributed by atoms with Crippen molar-refractivity contribution >= 4 is 7.82 Å². The van der Waals surface area contributed by atoms with Crippen LogP contribution in [-0.2, 0) is 27.8 Å². The molecule has 2 heterocycles. The lowest BCUT2D eigenvalue weighted by Gasteiger charge is -2.41. The van der Waals surface area contributed by atoms with Gasteiger partial charge in [-0.2, -0.15) is 0 Å². The van der Waals surface area contributed by atoms with E-state index in [1.807, 2.05) is 0 Å². The van der Waals surface area contributed by atoms with Crippen LogP contribution in [-0.4, -0.2) is 60.2 Å². The first-order valence-corrected chi connectivity index (χ1v) is 9.27. The molecule has 0 aliphatic carbocycles. The summed E-state index contributed by atoms with van der Waals surface area (Å²) in [6.45, 7) is 2.26. The van der Waals surface area contributed by atoms with Crippen LogP contribution in [0.3, 0.4) is 0 Å². The normalized spacial score (nSPS) is 29.3. The Kier molecular flexibility index (Phi) is 7.26. The lowest BCUT2D eigenvalue weighted by Crippen LogP contribution is -2.50. The highest BCUT2D eigenvalue weighted by Crippen LogP contribution is 2.46. The van der Waals surface area contributed by atoms with E-state index in [0.717, 1.165) is 7.11 Å². The van der Waals surface area contributed by atoms with Crippen LogP contribution >= 0.6 is 7.82 Å². The number of ether oxygens (including phenoxy) is 3. The summed E-state index contributed by atoms with van der Waals surface area (Å²) in [5.41, 5.74) is -0.488. The van der Waals surface area contributed by atoms with Crippen LogP contribution in [0, 0.1) is 0 Å². The van der Waals surface area contributed by atoms with Crippen LogP contribution in [0.25, 0.3) is 0 Å². The Hall–Kier alpha value is -1.13. The minimum absolute atomic E-state index is 0.0960. The van der Waals surface area contributed by atoms with Crippen molar-refractivity contribution in [2.24, 2.45) is 0 Å². The van der Waals surface area contributed by atoms with Crippen LogP contribution in [0.1, 0.15) is 19.6 Å². The molecular weight excluding hydrogens is 355 g/mol. The summed E-state index contributed by atoms with van der Waals surface area (Å²) in [5.74, 6) is 0. The summed E-state index contributed by atoms with van der Waals surface area (Å²) in [7, 11) is -1.68. The Labute approximate surface area is 145 Å². The number of nitrogens with zero attached hydrogens (tertiary/aromatic N) is 2. The zero-order valence-corrected chi connectivity index (χ0v) is 15.2. The molecule has 5 atom stereocenters. The number of hydrogen-bond acceptors (Lipinski definition) is 8. The summed E-state index contributed by atoms with van der Waals surface area (Å²) in [4.78, 5) is 25.4. The first-order chi connectivity index (χ1) is 11.9. The highest BCUT2D eigenvalue weighted by atomic mass is 31.2. The average Bonchev–Trinajstić information content (AvgIpc) is 2.58. The number of hydrogen-bond donors (Lipinski definition) is 1. The van der Waals surface area contributed by atoms with E-state index in [9.17, 15) is 14.3 Å². The van der Waals surface area contributed by atoms with E-state index in [4.69, 9.17) is 18.7 Å². The quantitative estimate of drug-likeness (QED) is 0.653. The Morgan fingerprint density at radius 2 is 2.20 bits per heavy atom. The fraction of sp³-hybridized carbons (Fsp3) is 0.714. The molecule has 1 aromatic rings. The molecule has 25 heavy (non-hydrogen) atoms. The van der Waals surface area contributed by atoms with Crippen molar-refractivity contribution in [1.29, 1.82) is 0 Å². The van der Waals surface area contributed by atoms with Gasteiger partial charge in [-0.3, -0.25) is 13.6 Å². The maximum Gasteiger partial charge on any atom is 0.472 e. The zero-order chi connectivity index (χ0) is 18.4. The largest absolute Gasteiger partial charge is 0.472 e. The second kappa shape index (κ2) is 9.00. The number of phosphoric acid groups is 1. The van der Waals surface area contributed by atoms with Crippen molar-refractivity contribution in [3.8, 4) is 0 Å². The van der Waals surface area contributed by atoms with Crippen LogP contribution in [0.15, 0.2) is 23.3 Å². The topological polar surface area (TPSA) is 118 Å². The van der Waals surface area contributed by atoms with Gasteiger partial charge < -0.3 is 19.1 Å². The fourth-order valence-electron chi connectivity index (χ4n) is 2.66. The first-order valence-electron chi connectivity index (χ1n) is 7.78. The van der Waals surface area contributed by atoms with Gasteiger partial charge in [-0.05, 0) is 13.0 Å². The molecule has 142 valence electrons. The van der Waals surface area contributed by atoms with Crippen LogP contribution in [0.5, 0.6) is 0 Å². The molecular formula is C14H23N2O8P. The molecule has 1 aromatic heterocycles. The lowest BCUT2D eigenvalue weighted by molar-refractivity contribution is -0.218. The molecule has 11 heteroatoms. The van der Waals surface area contributed by atoms with E-state index in [-0.39, 0.29) is 13.0 Å². The summed E-state index contributed by atoms with van der Waals surface area (Å²) in [6, 6.07) is 1.61. The number of phosphoric ester groups is 1. The molecule has 0 spiro atoms. The maximum absolute atomic E-state index is 12.0. The van der Waals surface area contributed by atoms with Crippen LogP contribution < -0.4 is 5.69 Å². The van der Waals surface area contributed by atoms with Gasteiger partial charge in [0, 0.05) is 39.6 Å². The van der Waals surface area contributed by atoms with E-state index >= 15 is 0 Å². The molecule has 0 saturated carbocycles. The van der Waals surface area contributed by atoms with Gasteiger partial charge in [-0.15, -0.1) is 0 Å². The Bertz CT molecular complexity index is 654. The minimum atomic E-state index is -4.22. The Morgan fingerprint density at radius 1 is 1.44 bits per heavy atom. The van der Waals surface area contributed by atoms with Gasteiger partial charge in [0.2, 0.25) is 0 Å². The third-order valence-corrected chi connectivity index (χ3v) is 4.73. The minimum Gasteiger partial charge on any atom is -0.382 e. The van der Waals surface area contributed by atoms with Gasteiger partial charge in [0.05, 0.1) is 6.61 Å². The van der Waals surface area contributed by atoms with Gasteiger partial charge in [0.15, 0.2) is 6.23 Å². The van der Waals surface area contributed by atoms with Crippen molar-refractivity contribution in [3.05, 3.63) is 28.9 Å². The summed E-state index contributed by atoms with van der Waals surface area (Å²) >= 11 is 0. The summed E-state index contributed by atoms with van der Waals surface area (Å²) in [5, 5.41) is 0. The first kappa shape index (κ1) is 20.2. The smallest absolute Gasteiger partial charge is 0.382 e. The number of aromatic nitrogens is 2.